The first-order chi connectivity index (χ1) is 13.7. The third-order valence-corrected chi connectivity index (χ3v) is 6.14. The van der Waals surface area contributed by atoms with Gasteiger partial charge in [0.1, 0.15) is 0 Å². The zero-order chi connectivity index (χ0) is 19.3. The number of rotatable bonds is 5. The van der Waals surface area contributed by atoms with Crippen molar-refractivity contribution in [2.24, 2.45) is 0 Å². The third-order valence-electron chi connectivity index (χ3n) is 4.91. The molecule has 0 bridgehead atoms. The van der Waals surface area contributed by atoms with Gasteiger partial charge in [-0.15, -0.1) is 11.3 Å². The van der Waals surface area contributed by atoms with Gasteiger partial charge in [0.2, 0.25) is 0 Å². The molecule has 0 saturated carbocycles. The van der Waals surface area contributed by atoms with Crippen LogP contribution in [0.15, 0.2) is 66.7 Å². The highest BCUT2D eigenvalue weighted by Gasteiger charge is 2.17. The number of hydrogen-bond acceptors (Lipinski definition) is 4. The lowest BCUT2D eigenvalue weighted by Gasteiger charge is -2.36. The Balaban J connectivity index is 1.30. The van der Waals surface area contributed by atoms with Gasteiger partial charge in [-0.3, -0.25) is 9.69 Å². The van der Waals surface area contributed by atoms with E-state index in [9.17, 15) is 4.79 Å². The predicted octanol–water partition coefficient (Wildman–Crippen LogP) is 4.98. The molecule has 0 aliphatic carbocycles. The van der Waals surface area contributed by atoms with Crippen LogP contribution in [0.1, 0.15) is 15.2 Å². The highest BCUT2D eigenvalue weighted by atomic mass is 35.5. The van der Waals surface area contributed by atoms with Crippen LogP contribution >= 0.6 is 22.9 Å². The van der Waals surface area contributed by atoms with E-state index in [-0.39, 0.29) is 5.91 Å². The SMILES string of the molecule is O=C(Nc1ccc(N2CCN(Cc3ccccc3)CC2)cc1)c1ccc(Cl)s1. The molecule has 6 heteroatoms. The van der Waals surface area contributed by atoms with E-state index in [1.807, 2.05) is 12.1 Å². The molecule has 144 valence electrons. The maximum absolute atomic E-state index is 12.2. The van der Waals surface area contributed by atoms with Gasteiger partial charge in [0.15, 0.2) is 0 Å². The van der Waals surface area contributed by atoms with Crippen molar-refractivity contribution >= 4 is 40.2 Å². The molecule has 1 aromatic heterocycles. The molecule has 0 atom stereocenters. The summed E-state index contributed by atoms with van der Waals surface area (Å²) in [6, 6.07) is 22.2. The Morgan fingerprint density at radius 2 is 1.64 bits per heavy atom. The Labute approximate surface area is 174 Å². The van der Waals surface area contributed by atoms with E-state index >= 15 is 0 Å². The molecule has 28 heavy (non-hydrogen) atoms. The molecule has 0 unspecified atom stereocenters. The average Bonchev–Trinajstić information content (AvgIpc) is 3.17. The molecule has 1 amide bonds. The van der Waals surface area contributed by atoms with Gasteiger partial charge in [-0.1, -0.05) is 41.9 Å². The lowest BCUT2D eigenvalue weighted by Crippen LogP contribution is -2.45. The fourth-order valence-electron chi connectivity index (χ4n) is 3.39. The van der Waals surface area contributed by atoms with Crippen LogP contribution in [0, 0.1) is 0 Å². The number of halogens is 1. The normalized spacial score (nSPS) is 14.8. The summed E-state index contributed by atoms with van der Waals surface area (Å²) >= 11 is 7.18. The number of benzene rings is 2. The first kappa shape index (κ1) is 19.0. The molecule has 1 N–H and O–H groups in total. The van der Waals surface area contributed by atoms with Crippen LogP contribution in [-0.2, 0) is 6.54 Å². The van der Waals surface area contributed by atoms with E-state index in [4.69, 9.17) is 11.6 Å². The van der Waals surface area contributed by atoms with Crippen molar-refractivity contribution in [3.05, 3.63) is 81.5 Å². The minimum Gasteiger partial charge on any atom is -0.369 e. The summed E-state index contributed by atoms with van der Waals surface area (Å²) in [5.74, 6) is -0.126. The van der Waals surface area contributed by atoms with Crippen molar-refractivity contribution in [2.75, 3.05) is 36.4 Å². The maximum atomic E-state index is 12.2. The molecule has 3 aromatic rings. The number of thiophene rings is 1. The van der Waals surface area contributed by atoms with Crippen LogP contribution in [0.3, 0.4) is 0 Å². The van der Waals surface area contributed by atoms with Crippen molar-refractivity contribution in [3.8, 4) is 0 Å². The Morgan fingerprint density at radius 3 is 2.29 bits per heavy atom. The van der Waals surface area contributed by atoms with Gasteiger partial charge in [0, 0.05) is 44.1 Å². The van der Waals surface area contributed by atoms with Crippen molar-refractivity contribution in [3.63, 3.8) is 0 Å². The van der Waals surface area contributed by atoms with Crippen LogP contribution in [0.5, 0.6) is 0 Å². The Hall–Kier alpha value is -2.34. The minimum absolute atomic E-state index is 0.126. The van der Waals surface area contributed by atoms with E-state index in [0.717, 1.165) is 38.4 Å². The van der Waals surface area contributed by atoms with Crippen LogP contribution in [0.25, 0.3) is 0 Å². The first-order valence-electron chi connectivity index (χ1n) is 9.35. The first-order valence-corrected chi connectivity index (χ1v) is 10.5. The standard InChI is InChI=1S/C22H22ClN3OS/c23-21-11-10-20(28-21)22(27)24-18-6-8-19(9-7-18)26-14-12-25(13-15-26)16-17-4-2-1-3-5-17/h1-11H,12-16H2,(H,24,27). The molecular formula is C22H22ClN3OS. The van der Waals surface area contributed by atoms with E-state index < -0.39 is 0 Å². The largest absolute Gasteiger partial charge is 0.369 e. The highest BCUT2D eigenvalue weighted by molar-refractivity contribution is 7.18. The van der Waals surface area contributed by atoms with Crippen molar-refractivity contribution < 1.29 is 4.79 Å². The van der Waals surface area contributed by atoms with Gasteiger partial charge >= 0.3 is 0 Å². The average molecular weight is 412 g/mol. The van der Waals surface area contributed by atoms with E-state index in [0.29, 0.717) is 9.21 Å². The van der Waals surface area contributed by atoms with Gasteiger partial charge in [-0.25, -0.2) is 0 Å². The fourth-order valence-corrected chi connectivity index (χ4v) is 4.33. The van der Waals surface area contributed by atoms with E-state index in [2.05, 4.69) is 57.6 Å². The maximum Gasteiger partial charge on any atom is 0.265 e. The molecule has 1 aliphatic rings. The Bertz CT molecular complexity index is 918. The second kappa shape index (κ2) is 8.78. The smallest absolute Gasteiger partial charge is 0.265 e. The summed E-state index contributed by atoms with van der Waals surface area (Å²) in [6.07, 6.45) is 0. The molecule has 0 spiro atoms. The highest BCUT2D eigenvalue weighted by Crippen LogP contribution is 2.24. The monoisotopic (exact) mass is 411 g/mol. The number of carbonyl (C=O) groups excluding carboxylic acids is 1. The van der Waals surface area contributed by atoms with Crippen molar-refractivity contribution in [1.82, 2.24) is 4.90 Å². The number of nitrogens with one attached hydrogen (secondary N) is 1. The number of nitrogens with zero attached hydrogens (tertiary/aromatic N) is 2. The molecule has 4 rings (SSSR count). The topological polar surface area (TPSA) is 35.6 Å². The Morgan fingerprint density at radius 1 is 0.929 bits per heavy atom. The zero-order valence-corrected chi connectivity index (χ0v) is 17.0. The van der Waals surface area contributed by atoms with E-state index in [1.54, 1.807) is 12.1 Å². The summed E-state index contributed by atoms with van der Waals surface area (Å²) in [7, 11) is 0. The van der Waals surface area contributed by atoms with Gasteiger partial charge in [-0.05, 0) is 42.0 Å². The molecular weight excluding hydrogens is 390 g/mol. The summed E-state index contributed by atoms with van der Waals surface area (Å²) in [5, 5.41) is 2.92. The zero-order valence-electron chi connectivity index (χ0n) is 15.5. The lowest BCUT2D eigenvalue weighted by atomic mass is 10.2. The van der Waals surface area contributed by atoms with Gasteiger partial charge in [0.25, 0.3) is 5.91 Å². The molecule has 1 fully saturated rings. The molecule has 2 heterocycles. The van der Waals surface area contributed by atoms with Gasteiger partial charge < -0.3 is 10.2 Å². The lowest BCUT2D eigenvalue weighted by molar-refractivity contribution is 0.103. The summed E-state index contributed by atoms with van der Waals surface area (Å²) < 4.78 is 0.618. The number of piperazine rings is 1. The van der Waals surface area contributed by atoms with E-state index in [1.165, 1.54) is 22.6 Å². The molecule has 1 saturated heterocycles. The predicted molar refractivity (Wildman–Crippen MR) is 118 cm³/mol. The number of carbonyl (C=O) groups is 1. The summed E-state index contributed by atoms with van der Waals surface area (Å²) in [5.41, 5.74) is 3.35. The van der Waals surface area contributed by atoms with Crippen LogP contribution in [0.4, 0.5) is 11.4 Å². The Kier molecular flexibility index (Phi) is 5.95. The van der Waals surface area contributed by atoms with Crippen LogP contribution < -0.4 is 10.2 Å². The van der Waals surface area contributed by atoms with Gasteiger partial charge in [-0.2, -0.15) is 0 Å². The molecule has 1 aliphatic heterocycles. The second-order valence-corrected chi connectivity index (χ2v) is 8.57. The van der Waals surface area contributed by atoms with Crippen molar-refractivity contribution in [2.45, 2.75) is 6.54 Å². The second-order valence-electron chi connectivity index (χ2n) is 6.85. The summed E-state index contributed by atoms with van der Waals surface area (Å²) in [4.78, 5) is 17.7. The van der Waals surface area contributed by atoms with Gasteiger partial charge in [0.05, 0.1) is 9.21 Å². The minimum atomic E-state index is -0.126. The molecule has 2 aromatic carbocycles. The number of hydrogen-bond donors (Lipinski definition) is 1. The van der Waals surface area contributed by atoms with Crippen molar-refractivity contribution in [1.29, 1.82) is 0 Å². The fraction of sp³-hybridized carbons (Fsp3) is 0.227. The number of amides is 1. The molecule has 4 nitrogen and oxygen atoms in total. The summed E-state index contributed by atoms with van der Waals surface area (Å²) in [6.45, 7) is 5.11. The van der Waals surface area contributed by atoms with Crippen LogP contribution in [0.2, 0.25) is 4.34 Å². The molecule has 0 radical (unpaired) electrons. The number of anilines is 2. The third kappa shape index (κ3) is 4.73. The van der Waals surface area contributed by atoms with Crippen LogP contribution in [-0.4, -0.2) is 37.0 Å². The quantitative estimate of drug-likeness (QED) is 0.643.